The summed E-state index contributed by atoms with van der Waals surface area (Å²) in [5.41, 5.74) is -0.162. The van der Waals surface area contributed by atoms with E-state index in [0.29, 0.717) is 5.52 Å². The second-order valence-corrected chi connectivity index (χ2v) is 6.18. The normalized spacial score (nSPS) is 10.5. The topological polar surface area (TPSA) is 132 Å². The number of anilines is 1. The quantitative estimate of drug-likeness (QED) is 0.517. The summed E-state index contributed by atoms with van der Waals surface area (Å²) in [4.78, 5) is 47.6. The third kappa shape index (κ3) is 5.65. The zero-order valence-corrected chi connectivity index (χ0v) is 15.8. The van der Waals surface area contributed by atoms with E-state index in [1.807, 2.05) is 0 Å². The van der Waals surface area contributed by atoms with Gasteiger partial charge in [0.05, 0.1) is 11.9 Å². The van der Waals surface area contributed by atoms with E-state index in [0.717, 1.165) is 22.9 Å². The summed E-state index contributed by atoms with van der Waals surface area (Å²) in [5, 5.41) is 12.2. The number of esters is 1. The molecule has 2 N–H and O–H groups in total. The Labute approximate surface area is 172 Å². The van der Waals surface area contributed by atoms with Gasteiger partial charge in [-0.2, -0.15) is 4.68 Å². The predicted molar refractivity (Wildman–Crippen MR) is 103 cm³/mol. The summed E-state index contributed by atoms with van der Waals surface area (Å²) in [6, 6.07) is 9.24. The van der Waals surface area contributed by atoms with Crippen molar-refractivity contribution >= 4 is 34.4 Å². The van der Waals surface area contributed by atoms with Gasteiger partial charge in [-0.15, -0.1) is 5.10 Å². The van der Waals surface area contributed by atoms with Gasteiger partial charge in [0.2, 0.25) is 5.91 Å². The Morgan fingerprint density at radius 3 is 2.58 bits per heavy atom. The van der Waals surface area contributed by atoms with Crippen LogP contribution in [0.25, 0.3) is 10.9 Å². The van der Waals surface area contributed by atoms with Crippen LogP contribution in [0, 0.1) is 11.6 Å². The molecule has 0 spiro atoms. The fourth-order valence-corrected chi connectivity index (χ4v) is 2.45. The first-order valence-electron chi connectivity index (χ1n) is 8.83. The Kier molecular flexibility index (Phi) is 6.60. The van der Waals surface area contributed by atoms with Gasteiger partial charge in [-0.25, -0.2) is 8.78 Å². The van der Waals surface area contributed by atoms with Crippen LogP contribution in [0.4, 0.5) is 14.5 Å². The number of carbonyl (C=O) groups is 3. The summed E-state index contributed by atoms with van der Waals surface area (Å²) >= 11 is 0. The summed E-state index contributed by atoms with van der Waals surface area (Å²) < 4.78 is 31.5. The average molecular weight is 431 g/mol. The molecule has 0 aliphatic rings. The minimum absolute atomic E-state index is 0.00603. The monoisotopic (exact) mass is 431 g/mol. The van der Waals surface area contributed by atoms with Gasteiger partial charge < -0.3 is 15.4 Å². The van der Waals surface area contributed by atoms with Crippen molar-refractivity contribution in [2.45, 2.75) is 6.54 Å². The van der Waals surface area contributed by atoms with Gasteiger partial charge in [0, 0.05) is 11.8 Å². The third-order valence-corrected chi connectivity index (χ3v) is 3.92. The maximum absolute atomic E-state index is 13.1. The first kappa shape index (κ1) is 21.5. The highest BCUT2D eigenvalue weighted by atomic mass is 19.2. The summed E-state index contributed by atoms with van der Waals surface area (Å²) in [7, 11) is 0. The maximum atomic E-state index is 13.1. The van der Waals surface area contributed by atoms with Crippen LogP contribution in [0.2, 0.25) is 0 Å². The lowest BCUT2D eigenvalue weighted by Gasteiger charge is -2.08. The number of carbonyl (C=O) groups excluding carboxylic acids is 3. The van der Waals surface area contributed by atoms with Crippen LogP contribution in [0.5, 0.6) is 0 Å². The molecule has 1 aromatic heterocycles. The number of hydrogen-bond acceptors (Lipinski definition) is 7. The molecule has 0 fully saturated rings. The molecule has 0 aliphatic carbocycles. The second-order valence-electron chi connectivity index (χ2n) is 6.18. The molecule has 1 heterocycles. The van der Waals surface area contributed by atoms with Crippen molar-refractivity contribution in [3.05, 3.63) is 64.5 Å². The number of aromatic nitrogens is 3. The fourth-order valence-electron chi connectivity index (χ4n) is 2.45. The van der Waals surface area contributed by atoms with Crippen LogP contribution < -0.4 is 16.2 Å². The van der Waals surface area contributed by atoms with Gasteiger partial charge in [-0.05, 0) is 24.3 Å². The van der Waals surface area contributed by atoms with E-state index in [1.165, 1.54) is 6.07 Å². The van der Waals surface area contributed by atoms with Gasteiger partial charge in [0.15, 0.2) is 18.2 Å². The molecular formula is C19H15F2N5O5. The lowest BCUT2D eigenvalue weighted by molar-refractivity contribution is -0.149. The van der Waals surface area contributed by atoms with Crippen molar-refractivity contribution in [2.24, 2.45) is 0 Å². The lowest BCUT2D eigenvalue weighted by Crippen LogP contribution is -2.36. The molecule has 3 aromatic rings. The van der Waals surface area contributed by atoms with Crippen molar-refractivity contribution < 1.29 is 27.9 Å². The van der Waals surface area contributed by atoms with Crippen molar-refractivity contribution in [3.63, 3.8) is 0 Å². The van der Waals surface area contributed by atoms with E-state index in [9.17, 15) is 28.0 Å². The number of amides is 2. The Balaban J connectivity index is 1.44. The molecule has 12 heteroatoms. The minimum Gasteiger partial charge on any atom is -0.454 e. The fraction of sp³-hybridized carbons (Fsp3) is 0.158. The number of ether oxygens (including phenoxy) is 1. The largest absolute Gasteiger partial charge is 0.454 e. The highest BCUT2D eigenvalue weighted by Crippen LogP contribution is 2.12. The van der Waals surface area contributed by atoms with Gasteiger partial charge >= 0.3 is 5.97 Å². The number of rotatable bonds is 7. The summed E-state index contributed by atoms with van der Waals surface area (Å²) in [5.74, 6) is -4.60. The van der Waals surface area contributed by atoms with Crippen molar-refractivity contribution in [2.75, 3.05) is 18.5 Å². The van der Waals surface area contributed by atoms with E-state index in [2.05, 4.69) is 20.9 Å². The molecule has 0 saturated heterocycles. The van der Waals surface area contributed by atoms with E-state index < -0.39 is 54.7 Å². The van der Waals surface area contributed by atoms with Crippen molar-refractivity contribution in [1.29, 1.82) is 0 Å². The number of hydrogen-bond donors (Lipinski definition) is 2. The molecule has 0 saturated carbocycles. The number of fused-ring (bicyclic) bond motifs is 1. The molecular weight excluding hydrogens is 416 g/mol. The van der Waals surface area contributed by atoms with Crippen molar-refractivity contribution in [3.8, 4) is 0 Å². The van der Waals surface area contributed by atoms with Crippen LogP contribution in [0.3, 0.4) is 0 Å². The SMILES string of the molecule is O=C(COC(=O)Cn1nnc2ccccc2c1=O)NCC(=O)Nc1ccc(F)c(F)c1. The minimum atomic E-state index is -1.14. The van der Waals surface area contributed by atoms with E-state index in [1.54, 1.807) is 18.2 Å². The zero-order chi connectivity index (χ0) is 22.4. The average Bonchev–Trinajstić information content (AvgIpc) is 2.75. The molecule has 0 bridgehead atoms. The molecule has 3 rings (SSSR count). The van der Waals surface area contributed by atoms with Gasteiger partial charge in [-0.1, -0.05) is 17.3 Å². The molecule has 10 nitrogen and oxygen atoms in total. The Hall–Kier alpha value is -4.22. The standard InChI is InChI=1S/C19H15F2N5O5/c20-13-6-5-11(7-14(13)21)23-16(27)8-22-17(28)10-31-18(29)9-26-19(30)12-3-1-2-4-15(12)24-25-26/h1-7H,8-10H2,(H,22,28)(H,23,27). The third-order valence-electron chi connectivity index (χ3n) is 3.92. The van der Waals surface area contributed by atoms with E-state index >= 15 is 0 Å². The number of benzene rings is 2. The maximum Gasteiger partial charge on any atom is 0.328 e. The Morgan fingerprint density at radius 2 is 1.81 bits per heavy atom. The molecule has 0 radical (unpaired) electrons. The number of nitrogens with zero attached hydrogens (tertiary/aromatic N) is 3. The van der Waals surface area contributed by atoms with E-state index in [-0.39, 0.29) is 11.1 Å². The second kappa shape index (κ2) is 9.52. The van der Waals surface area contributed by atoms with Crippen LogP contribution in [0.1, 0.15) is 0 Å². The highest BCUT2D eigenvalue weighted by Gasteiger charge is 2.13. The summed E-state index contributed by atoms with van der Waals surface area (Å²) in [6.45, 7) is -1.75. The summed E-state index contributed by atoms with van der Waals surface area (Å²) in [6.07, 6.45) is 0. The van der Waals surface area contributed by atoms with Gasteiger partial charge in [-0.3, -0.25) is 19.2 Å². The first-order valence-corrected chi connectivity index (χ1v) is 8.83. The van der Waals surface area contributed by atoms with Crippen molar-refractivity contribution in [1.82, 2.24) is 20.3 Å². The number of nitrogens with one attached hydrogen (secondary N) is 2. The Bertz CT molecular complexity index is 1210. The van der Waals surface area contributed by atoms with Crippen LogP contribution >= 0.6 is 0 Å². The van der Waals surface area contributed by atoms with Gasteiger partial charge in [0.25, 0.3) is 11.5 Å². The lowest BCUT2D eigenvalue weighted by atomic mass is 10.2. The molecule has 31 heavy (non-hydrogen) atoms. The Morgan fingerprint density at radius 1 is 1.03 bits per heavy atom. The molecule has 2 aromatic carbocycles. The van der Waals surface area contributed by atoms with Crippen LogP contribution in [-0.4, -0.2) is 45.9 Å². The first-order chi connectivity index (χ1) is 14.8. The van der Waals surface area contributed by atoms with E-state index in [4.69, 9.17) is 4.74 Å². The smallest absolute Gasteiger partial charge is 0.328 e. The zero-order valence-electron chi connectivity index (χ0n) is 15.8. The van der Waals surface area contributed by atoms with Gasteiger partial charge in [0.1, 0.15) is 12.1 Å². The van der Waals surface area contributed by atoms with Crippen LogP contribution in [0.15, 0.2) is 47.3 Å². The molecule has 0 atom stereocenters. The van der Waals surface area contributed by atoms with Crippen LogP contribution in [-0.2, 0) is 25.7 Å². The number of halogens is 2. The molecule has 2 amide bonds. The molecule has 160 valence electrons. The highest BCUT2D eigenvalue weighted by molar-refractivity contribution is 5.94. The molecule has 0 aliphatic heterocycles. The molecule has 0 unspecified atom stereocenters. The predicted octanol–water partition coefficient (Wildman–Crippen LogP) is 0.368.